The minimum Gasteiger partial charge on any atom is -0.462 e. The quantitative estimate of drug-likeness (QED) is 0.0717. The molecule has 0 amide bonds. The number of carbonyl (C=O) groups excluding carboxylic acids is 4. The van der Waals surface area contributed by atoms with Crippen molar-refractivity contribution in [2.75, 3.05) is 13.2 Å². The van der Waals surface area contributed by atoms with Gasteiger partial charge in [0.2, 0.25) is 0 Å². The summed E-state index contributed by atoms with van der Waals surface area (Å²) in [5.41, 5.74) is -0.896. The first-order valence-corrected chi connectivity index (χ1v) is 18.2. The smallest absolute Gasteiger partial charge is 0.423 e. The fourth-order valence-electron chi connectivity index (χ4n) is 5.09. The van der Waals surface area contributed by atoms with Gasteiger partial charge >= 0.3 is 23.9 Å². The van der Waals surface area contributed by atoms with Crippen molar-refractivity contribution in [1.29, 1.82) is 0 Å². The Bertz CT molecular complexity index is 1420. The highest BCUT2D eigenvalue weighted by Gasteiger charge is 2.33. The molecule has 0 aliphatic heterocycles. The van der Waals surface area contributed by atoms with Crippen LogP contribution in [0.5, 0.6) is 11.5 Å². The Kier molecular flexibility index (Phi) is 14.4. The molecular weight excluding hydrogens is 749 g/mol. The SMILES string of the molecule is CCC(CCC1CC1)COC(=O)c1c(Cl)c(Cl)cc(Cl)c1OC(=O)C(=O)Oc1c(Cl)cc(Cl)c(Cl)c1C(=O)OCC(CC)CCC1CC1. The Labute approximate surface area is 309 Å². The summed E-state index contributed by atoms with van der Waals surface area (Å²) in [6.45, 7) is 4.17. The van der Waals surface area contributed by atoms with Crippen LogP contribution in [0.25, 0.3) is 0 Å². The van der Waals surface area contributed by atoms with Crippen LogP contribution >= 0.6 is 69.6 Å². The van der Waals surface area contributed by atoms with Gasteiger partial charge in [0.1, 0.15) is 11.1 Å². The van der Waals surface area contributed by atoms with Gasteiger partial charge in [0, 0.05) is 0 Å². The van der Waals surface area contributed by atoms with Crippen LogP contribution in [0.3, 0.4) is 0 Å². The van der Waals surface area contributed by atoms with Crippen molar-refractivity contribution in [3.63, 3.8) is 0 Å². The van der Waals surface area contributed by atoms with Crippen LogP contribution < -0.4 is 9.47 Å². The van der Waals surface area contributed by atoms with Gasteiger partial charge in [-0.25, -0.2) is 19.2 Å². The predicted molar refractivity (Wildman–Crippen MR) is 186 cm³/mol. The minimum atomic E-state index is -1.63. The maximum atomic E-state index is 13.2. The number of ether oxygens (including phenoxy) is 4. The lowest BCUT2D eigenvalue weighted by molar-refractivity contribution is -0.156. The van der Waals surface area contributed by atoms with Gasteiger partial charge < -0.3 is 18.9 Å². The molecule has 0 aromatic heterocycles. The van der Waals surface area contributed by atoms with E-state index in [2.05, 4.69) is 0 Å². The zero-order valence-electron chi connectivity index (χ0n) is 26.5. The first-order valence-electron chi connectivity index (χ1n) is 16.0. The maximum Gasteiger partial charge on any atom is 0.423 e. The van der Waals surface area contributed by atoms with E-state index in [4.69, 9.17) is 88.6 Å². The van der Waals surface area contributed by atoms with Gasteiger partial charge in [0.15, 0.2) is 11.5 Å². The van der Waals surface area contributed by atoms with Crippen molar-refractivity contribution in [2.45, 2.75) is 78.1 Å². The van der Waals surface area contributed by atoms with Gasteiger partial charge in [-0.3, -0.25) is 0 Å². The molecule has 4 rings (SSSR count). The molecule has 2 atom stereocenters. The molecule has 2 unspecified atom stereocenters. The normalized spacial score (nSPS) is 15.4. The average molecular weight is 785 g/mol. The molecule has 0 saturated heterocycles. The number of carbonyl (C=O) groups is 4. The molecule has 0 spiro atoms. The molecule has 2 fully saturated rings. The number of halogens is 6. The fraction of sp³-hybridized carbons (Fsp3) is 0.529. The summed E-state index contributed by atoms with van der Waals surface area (Å²) < 4.78 is 21.5. The van der Waals surface area contributed by atoms with Crippen LogP contribution in [0.15, 0.2) is 12.1 Å². The van der Waals surface area contributed by atoms with E-state index in [1.54, 1.807) is 0 Å². The summed E-state index contributed by atoms with van der Waals surface area (Å²) in [7, 11) is 0. The monoisotopic (exact) mass is 782 g/mol. The zero-order valence-corrected chi connectivity index (χ0v) is 31.0. The second-order valence-electron chi connectivity index (χ2n) is 12.3. The Hall–Kier alpha value is -1.94. The van der Waals surface area contributed by atoms with Gasteiger partial charge in [-0.2, -0.15) is 0 Å². The fourth-order valence-corrected chi connectivity index (χ4v) is 6.53. The number of hydrogen-bond acceptors (Lipinski definition) is 8. The molecule has 48 heavy (non-hydrogen) atoms. The number of hydrogen-bond donors (Lipinski definition) is 0. The molecule has 2 aliphatic rings. The van der Waals surface area contributed by atoms with Gasteiger partial charge in [-0.1, -0.05) is 135 Å². The summed E-state index contributed by atoms with van der Waals surface area (Å²) in [5.74, 6) is -4.65. The van der Waals surface area contributed by atoms with Crippen LogP contribution in [0.2, 0.25) is 30.1 Å². The summed E-state index contributed by atoms with van der Waals surface area (Å²) in [4.78, 5) is 52.5. The largest absolute Gasteiger partial charge is 0.462 e. The molecule has 14 heteroatoms. The Morgan fingerprint density at radius 3 is 1.29 bits per heavy atom. The molecule has 0 N–H and O–H groups in total. The predicted octanol–water partition coefficient (Wildman–Crippen LogP) is 10.9. The highest BCUT2D eigenvalue weighted by Crippen LogP contribution is 2.42. The van der Waals surface area contributed by atoms with Crippen LogP contribution in [-0.4, -0.2) is 37.1 Å². The summed E-state index contributed by atoms with van der Waals surface area (Å²) >= 11 is 37.6. The average Bonchev–Trinajstić information content (AvgIpc) is 3.98. The van der Waals surface area contributed by atoms with E-state index in [-0.39, 0.29) is 55.2 Å². The summed E-state index contributed by atoms with van der Waals surface area (Å²) in [5, 5.41) is -1.42. The van der Waals surface area contributed by atoms with E-state index in [0.29, 0.717) is 0 Å². The van der Waals surface area contributed by atoms with Crippen LogP contribution in [0.4, 0.5) is 0 Å². The molecule has 0 heterocycles. The first kappa shape index (κ1) is 38.9. The number of rotatable bonds is 16. The molecule has 2 aliphatic carbocycles. The third-order valence-corrected chi connectivity index (χ3v) is 10.8. The summed E-state index contributed by atoms with van der Waals surface area (Å²) in [6.07, 6.45) is 10.3. The van der Waals surface area contributed by atoms with E-state index in [1.807, 2.05) is 13.8 Å². The standard InChI is InChI=1S/C34H36Cl6O8/c1-3-17(5-7-19-9-10-19)15-45-31(41)25-27(39)21(35)13-23(37)29(25)47-33(43)34(44)48-30-24(38)14-22(36)28(40)26(30)32(42)46-16-18(4-2)6-8-20-11-12-20/h13-14,17-20H,3-12,15-16H2,1-2H3. The van der Waals surface area contributed by atoms with Crippen molar-refractivity contribution in [3.05, 3.63) is 53.4 Å². The lowest BCUT2D eigenvalue weighted by Gasteiger charge is -2.18. The van der Waals surface area contributed by atoms with Gasteiger partial charge in [0.05, 0.1) is 43.3 Å². The second kappa shape index (κ2) is 17.8. The third kappa shape index (κ3) is 10.5. The van der Waals surface area contributed by atoms with E-state index in [0.717, 1.165) is 62.5 Å². The van der Waals surface area contributed by atoms with Crippen molar-refractivity contribution in [3.8, 4) is 11.5 Å². The summed E-state index contributed by atoms with van der Waals surface area (Å²) in [6, 6.07) is 2.28. The number of esters is 4. The zero-order chi connectivity index (χ0) is 35.1. The van der Waals surface area contributed by atoms with Gasteiger partial charge in [0.25, 0.3) is 0 Å². The lowest BCUT2D eigenvalue weighted by atomic mass is 9.99. The molecule has 0 bridgehead atoms. The second-order valence-corrected chi connectivity index (χ2v) is 14.7. The molecule has 262 valence electrons. The van der Waals surface area contributed by atoms with Crippen LogP contribution in [-0.2, 0) is 19.1 Å². The third-order valence-electron chi connectivity index (χ3n) is 8.63. The van der Waals surface area contributed by atoms with Crippen LogP contribution in [0, 0.1) is 23.7 Å². The molecule has 0 radical (unpaired) electrons. The first-order chi connectivity index (χ1) is 22.8. The van der Waals surface area contributed by atoms with Gasteiger partial charge in [-0.05, 0) is 48.6 Å². The lowest BCUT2D eigenvalue weighted by Crippen LogP contribution is -2.27. The number of benzene rings is 2. The molecule has 2 aromatic rings. The maximum absolute atomic E-state index is 13.2. The van der Waals surface area contributed by atoms with E-state index >= 15 is 0 Å². The van der Waals surface area contributed by atoms with Crippen molar-refractivity contribution >= 4 is 93.5 Å². The molecular formula is C34H36Cl6O8. The van der Waals surface area contributed by atoms with E-state index in [1.165, 1.54) is 25.7 Å². The Morgan fingerprint density at radius 1 is 0.625 bits per heavy atom. The highest BCUT2D eigenvalue weighted by molar-refractivity contribution is 6.47. The van der Waals surface area contributed by atoms with E-state index in [9.17, 15) is 19.2 Å². The van der Waals surface area contributed by atoms with Crippen molar-refractivity contribution in [2.24, 2.45) is 23.7 Å². The molecule has 2 aromatic carbocycles. The van der Waals surface area contributed by atoms with E-state index < -0.39 is 46.5 Å². The Morgan fingerprint density at radius 2 is 0.979 bits per heavy atom. The van der Waals surface area contributed by atoms with Crippen molar-refractivity contribution in [1.82, 2.24) is 0 Å². The Balaban J connectivity index is 1.49. The minimum absolute atomic E-state index is 0.0895. The van der Waals surface area contributed by atoms with Gasteiger partial charge in [-0.15, -0.1) is 0 Å². The molecule has 2 saturated carbocycles. The topological polar surface area (TPSA) is 105 Å². The van der Waals surface area contributed by atoms with Crippen molar-refractivity contribution < 1.29 is 38.1 Å². The van der Waals surface area contributed by atoms with Crippen LogP contribution in [0.1, 0.15) is 98.8 Å². The molecule has 8 nitrogen and oxygen atoms in total. The highest BCUT2D eigenvalue weighted by atomic mass is 35.5.